The highest BCUT2D eigenvalue weighted by Crippen LogP contribution is 2.14. The first-order valence-electron chi connectivity index (χ1n) is 3.47. The van der Waals surface area contributed by atoms with Crippen molar-refractivity contribution in [3.63, 3.8) is 0 Å². The fraction of sp³-hybridized carbons (Fsp3) is 1.00. The molecule has 1 unspecified atom stereocenters. The van der Waals surface area contributed by atoms with Gasteiger partial charge in [0.15, 0.2) is 0 Å². The van der Waals surface area contributed by atoms with Crippen LogP contribution in [0.4, 0.5) is 0 Å². The minimum absolute atomic E-state index is 0.348. The van der Waals surface area contributed by atoms with E-state index in [2.05, 4.69) is 6.92 Å². The minimum Gasteiger partial charge on any atom is -0.379 e. The van der Waals surface area contributed by atoms with Gasteiger partial charge in [0, 0.05) is 7.11 Å². The highest BCUT2D eigenvalue weighted by atomic mass is 16.5. The van der Waals surface area contributed by atoms with E-state index >= 15 is 0 Å². The van der Waals surface area contributed by atoms with Gasteiger partial charge in [-0.15, -0.1) is 0 Å². The molecule has 1 rings (SSSR count). The standard InChI is InChI=1S/C7H14O2/c1-6-3-4-7(8-2)5-9-6/h6-7H,3-5H2,1-2H3/t6-,7?/m0/s1. The van der Waals surface area contributed by atoms with Gasteiger partial charge < -0.3 is 9.47 Å². The van der Waals surface area contributed by atoms with Crippen molar-refractivity contribution in [3.05, 3.63) is 0 Å². The maximum Gasteiger partial charge on any atom is 0.0805 e. The predicted molar refractivity (Wildman–Crippen MR) is 35.4 cm³/mol. The van der Waals surface area contributed by atoms with Crippen LogP contribution >= 0.6 is 0 Å². The fourth-order valence-corrected chi connectivity index (χ4v) is 1.04. The van der Waals surface area contributed by atoms with E-state index in [0.717, 1.165) is 19.4 Å². The zero-order valence-corrected chi connectivity index (χ0v) is 6.09. The lowest BCUT2D eigenvalue weighted by atomic mass is 10.1. The predicted octanol–water partition coefficient (Wildman–Crippen LogP) is 1.20. The molecule has 0 spiro atoms. The molecule has 0 radical (unpaired) electrons. The van der Waals surface area contributed by atoms with E-state index in [1.807, 2.05) is 0 Å². The Morgan fingerprint density at radius 2 is 2.22 bits per heavy atom. The number of ether oxygens (including phenoxy) is 2. The van der Waals surface area contributed by atoms with Crippen LogP contribution in [0.5, 0.6) is 0 Å². The van der Waals surface area contributed by atoms with Crippen molar-refractivity contribution in [1.29, 1.82) is 0 Å². The molecule has 1 saturated heterocycles. The Balaban J connectivity index is 2.18. The van der Waals surface area contributed by atoms with Crippen LogP contribution < -0.4 is 0 Å². The average molecular weight is 130 g/mol. The van der Waals surface area contributed by atoms with Gasteiger partial charge in [-0.2, -0.15) is 0 Å². The largest absolute Gasteiger partial charge is 0.379 e. The monoisotopic (exact) mass is 130 g/mol. The van der Waals surface area contributed by atoms with Crippen LogP contribution in [0.3, 0.4) is 0 Å². The van der Waals surface area contributed by atoms with E-state index in [0.29, 0.717) is 12.2 Å². The summed E-state index contributed by atoms with van der Waals surface area (Å²) in [6.07, 6.45) is 3.08. The van der Waals surface area contributed by atoms with Crippen molar-refractivity contribution >= 4 is 0 Å². The van der Waals surface area contributed by atoms with Crippen LogP contribution in [-0.4, -0.2) is 25.9 Å². The van der Waals surface area contributed by atoms with Crippen molar-refractivity contribution < 1.29 is 9.47 Å². The van der Waals surface area contributed by atoms with Crippen LogP contribution in [-0.2, 0) is 9.47 Å². The molecule has 0 N–H and O–H groups in total. The van der Waals surface area contributed by atoms with Crippen LogP contribution in [0.1, 0.15) is 19.8 Å². The minimum atomic E-state index is 0.348. The molecule has 0 aliphatic carbocycles. The summed E-state index contributed by atoms with van der Waals surface area (Å²) in [6, 6.07) is 0. The summed E-state index contributed by atoms with van der Waals surface area (Å²) in [7, 11) is 1.74. The van der Waals surface area contributed by atoms with Crippen LogP contribution in [0, 0.1) is 0 Å². The van der Waals surface area contributed by atoms with Gasteiger partial charge in [-0.3, -0.25) is 0 Å². The first kappa shape index (κ1) is 7.03. The van der Waals surface area contributed by atoms with Crippen molar-refractivity contribution in [3.8, 4) is 0 Å². The smallest absolute Gasteiger partial charge is 0.0805 e. The molecule has 2 atom stereocenters. The molecule has 54 valence electrons. The lowest BCUT2D eigenvalue weighted by Crippen LogP contribution is -2.28. The molecule has 2 nitrogen and oxygen atoms in total. The van der Waals surface area contributed by atoms with Gasteiger partial charge in [0.05, 0.1) is 18.8 Å². The summed E-state index contributed by atoms with van der Waals surface area (Å²) in [5, 5.41) is 0. The Hall–Kier alpha value is -0.0800. The molecule has 1 fully saturated rings. The molecular formula is C7H14O2. The van der Waals surface area contributed by atoms with Crippen molar-refractivity contribution in [2.45, 2.75) is 32.0 Å². The summed E-state index contributed by atoms with van der Waals surface area (Å²) in [5.41, 5.74) is 0. The summed E-state index contributed by atoms with van der Waals surface area (Å²) in [6.45, 7) is 2.88. The maximum atomic E-state index is 5.36. The van der Waals surface area contributed by atoms with Crippen molar-refractivity contribution in [1.82, 2.24) is 0 Å². The van der Waals surface area contributed by atoms with Gasteiger partial charge >= 0.3 is 0 Å². The Bertz CT molecular complexity index is 75.0. The summed E-state index contributed by atoms with van der Waals surface area (Å²) in [4.78, 5) is 0. The lowest BCUT2D eigenvalue weighted by Gasteiger charge is -2.25. The van der Waals surface area contributed by atoms with E-state index in [4.69, 9.17) is 9.47 Å². The third-order valence-corrected chi connectivity index (χ3v) is 1.80. The van der Waals surface area contributed by atoms with Gasteiger partial charge in [-0.25, -0.2) is 0 Å². The molecular weight excluding hydrogens is 116 g/mol. The highest BCUT2D eigenvalue weighted by molar-refractivity contribution is 4.66. The van der Waals surface area contributed by atoms with Crippen LogP contribution in [0.15, 0.2) is 0 Å². The Labute approximate surface area is 56.2 Å². The van der Waals surface area contributed by atoms with Gasteiger partial charge in [0.25, 0.3) is 0 Å². The Morgan fingerprint density at radius 1 is 1.44 bits per heavy atom. The topological polar surface area (TPSA) is 18.5 Å². The lowest BCUT2D eigenvalue weighted by molar-refractivity contribution is -0.0641. The molecule has 0 aromatic heterocycles. The zero-order valence-electron chi connectivity index (χ0n) is 6.09. The van der Waals surface area contributed by atoms with E-state index < -0.39 is 0 Å². The van der Waals surface area contributed by atoms with Gasteiger partial charge in [-0.1, -0.05) is 0 Å². The molecule has 1 aliphatic rings. The van der Waals surface area contributed by atoms with Gasteiger partial charge in [-0.05, 0) is 19.8 Å². The quantitative estimate of drug-likeness (QED) is 0.531. The second kappa shape index (κ2) is 3.18. The number of hydrogen-bond acceptors (Lipinski definition) is 2. The van der Waals surface area contributed by atoms with Crippen molar-refractivity contribution in [2.75, 3.05) is 13.7 Å². The second-order valence-corrected chi connectivity index (χ2v) is 2.58. The third kappa shape index (κ3) is 1.95. The maximum absolute atomic E-state index is 5.36. The average Bonchev–Trinajstić information content (AvgIpc) is 1.90. The molecule has 0 bridgehead atoms. The number of hydrogen-bond donors (Lipinski definition) is 0. The summed E-state index contributed by atoms with van der Waals surface area (Å²) < 4.78 is 10.5. The summed E-state index contributed by atoms with van der Waals surface area (Å²) >= 11 is 0. The first-order chi connectivity index (χ1) is 4.33. The molecule has 0 aromatic carbocycles. The SMILES string of the molecule is COC1CC[C@H](C)OC1. The molecule has 1 aliphatic heterocycles. The van der Waals surface area contributed by atoms with Crippen molar-refractivity contribution in [2.24, 2.45) is 0 Å². The molecule has 1 heterocycles. The van der Waals surface area contributed by atoms with Gasteiger partial charge in [0.2, 0.25) is 0 Å². The normalized spacial score (nSPS) is 36.7. The zero-order chi connectivity index (χ0) is 6.69. The third-order valence-electron chi connectivity index (χ3n) is 1.80. The van der Waals surface area contributed by atoms with E-state index in [9.17, 15) is 0 Å². The number of rotatable bonds is 1. The molecule has 9 heavy (non-hydrogen) atoms. The Kier molecular flexibility index (Phi) is 2.49. The molecule has 0 aromatic rings. The van der Waals surface area contributed by atoms with E-state index in [-0.39, 0.29) is 0 Å². The Morgan fingerprint density at radius 3 is 2.67 bits per heavy atom. The second-order valence-electron chi connectivity index (χ2n) is 2.58. The molecule has 2 heteroatoms. The number of methoxy groups -OCH3 is 1. The highest BCUT2D eigenvalue weighted by Gasteiger charge is 2.16. The van der Waals surface area contributed by atoms with Crippen LogP contribution in [0.25, 0.3) is 0 Å². The van der Waals surface area contributed by atoms with E-state index in [1.54, 1.807) is 7.11 Å². The van der Waals surface area contributed by atoms with Crippen LogP contribution in [0.2, 0.25) is 0 Å². The first-order valence-corrected chi connectivity index (χ1v) is 3.47. The molecule has 0 amide bonds. The fourth-order valence-electron chi connectivity index (χ4n) is 1.04. The van der Waals surface area contributed by atoms with Gasteiger partial charge in [0.1, 0.15) is 0 Å². The van der Waals surface area contributed by atoms with E-state index in [1.165, 1.54) is 0 Å². The molecule has 0 saturated carbocycles. The summed E-state index contributed by atoms with van der Waals surface area (Å²) in [5.74, 6) is 0.